The van der Waals surface area contributed by atoms with Crippen LogP contribution in [0.2, 0.25) is 0 Å². The van der Waals surface area contributed by atoms with E-state index in [1.165, 1.54) is 28.5 Å². The molecule has 1 aromatic heterocycles. The van der Waals surface area contributed by atoms with Gasteiger partial charge in [-0.1, -0.05) is 42.1 Å². The van der Waals surface area contributed by atoms with Crippen LogP contribution in [0.1, 0.15) is 16.7 Å². The first-order valence-corrected chi connectivity index (χ1v) is 12.5. The summed E-state index contributed by atoms with van der Waals surface area (Å²) < 4.78 is 13.0. The SMILES string of the molecule is COc1cc(C)c(CN2CCN(C(=O)CSc3nccn3Cc3ccccc3)CC2)cc1OC. The molecule has 1 aliphatic rings. The number of carbonyl (C=O) groups is 1. The van der Waals surface area contributed by atoms with Crippen LogP contribution in [0.15, 0.2) is 60.0 Å². The topological polar surface area (TPSA) is 59.8 Å². The van der Waals surface area contributed by atoms with Gasteiger partial charge >= 0.3 is 0 Å². The van der Waals surface area contributed by atoms with E-state index in [2.05, 4.69) is 39.6 Å². The van der Waals surface area contributed by atoms with E-state index in [1.807, 2.05) is 35.4 Å². The number of hydrogen-bond donors (Lipinski definition) is 0. The van der Waals surface area contributed by atoms with Gasteiger partial charge in [0.25, 0.3) is 0 Å². The molecule has 180 valence electrons. The summed E-state index contributed by atoms with van der Waals surface area (Å²) in [5.41, 5.74) is 3.62. The second-order valence-electron chi connectivity index (χ2n) is 8.40. The van der Waals surface area contributed by atoms with E-state index in [9.17, 15) is 4.79 Å². The van der Waals surface area contributed by atoms with Gasteiger partial charge in [0.05, 0.1) is 20.0 Å². The Kier molecular flexibility index (Phi) is 8.13. The monoisotopic (exact) mass is 480 g/mol. The molecule has 2 heterocycles. The van der Waals surface area contributed by atoms with Gasteiger partial charge in [0.1, 0.15) is 0 Å². The van der Waals surface area contributed by atoms with Gasteiger partial charge in [0, 0.05) is 51.7 Å². The highest BCUT2D eigenvalue weighted by Gasteiger charge is 2.22. The Labute approximate surface area is 205 Å². The van der Waals surface area contributed by atoms with Crippen LogP contribution in [0.4, 0.5) is 0 Å². The summed E-state index contributed by atoms with van der Waals surface area (Å²) in [6.07, 6.45) is 3.76. The zero-order chi connectivity index (χ0) is 23.9. The van der Waals surface area contributed by atoms with Crippen molar-refractivity contribution in [3.8, 4) is 11.5 Å². The number of aromatic nitrogens is 2. The lowest BCUT2D eigenvalue weighted by Gasteiger charge is -2.35. The molecule has 0 spiro atoms. The van der Waals surface area contributed by atoms with Gasteiger partial charge in [0.15, 0.2) is 16.7 Å². The number of rotatable bonds is 9. The van der Waals surface area contributed by atoms with E-state index in [-0.39, 0.29) is 5.91 Å². The lowest BCUT2D eigenvalue weighted by molar-refractivity contribution is -0.130. The minimum Gasteiger partial charge on any atom is -0.493 e. The van der Waals surface area contributed by atoms with Crippen LogP contribution in [-0.4, -0.2) is 71.4 Å². The summed E-state index contributed by atoms with van der Waals surface area (Å²) in [6.45, 7) is 6.87. The molecule has 0 saturated carbocycles. The summed E-state index contributed by atoms with van der Waals surface area (Å²) >= 11 is 1.51. The molecule has 0 N–H and O–H groups in total. The number of methoxy groups -OCH3 is 2. The van der Waals surface area contributed by atoms with Crippen molar-refractivity contribution in [1.82, 2.24) is 19.4 Å². The number of amides is 1. The van der Waals surface area contributed by atoms with Gasteiger partial charge in [-0.3, -0.25) is 9.69 Å². The van der Waals surface area contributed by atoms with E-state index in [0.717, 1.165) is 55.9 Å². The van der Waals surface area contributed by atoms with E-state index in [0.29, 0.717) is 5.75 Å². The fraction of sp³-hybridized carbons (Fsp3) is 0.385. The zero-order valence-corrected chi connectivity index (χ0v) is 20.9. The van der Waals surface area contributed by atoms with Gasteiger partial charge < -0.3 is 18.9 Å². The van der Waals surface area contributed by atoms with Crippen molar-refractivity contribution in [1.29, 1.82) is 0 Å². The number of piperazine rings is 1. The van der Waals surface area contributed by atoms with Gasteiger partial charge in [-0.25, -0.2) is 4.98 Å². The summed E-state index contributed by atoms with van der Waals surface area (Å²) in [5.74, 6) is 2.07. The van der Waals surface area contributed by atoms with Crippen molar-refractivity contribution < 1.29 is 14.3 Å². The van der Waals surface area contributed by atoms with Crippen molar-refractivity contribution in [3.05, 3.63) is 71.5 Å². The Morgan fingerprint density at radius 1 is 1.00 bits per heavy atom. The minimum absolute atomic E-state index is 0.168. The lowest BCUT2D eigenvalue weighted by atomic mass is 10.1. The first kappa shape index (κ1) is 24.2. The molecule has 34 heavy (non-hydrogen) atoms. The van der Waals surface area contributed by atoms with Gasteiger partial charge in [-0.2, -0.15) is 0 Å². The number of thioether (sulfide) groups is 1. The molecule has 0 atom stereocenters. The molecule has 8 heteroatoms. The third-order valence-electron chi connectivity index (χ3n) is 6.16. The molecule has 0 unspecified atom stereocenters. The van der Waals surface area contributed by atoms with Crippen molar-refractivity contribution in [2.75, 3.05) is 46.2 Å². The number of hydrogen-bond acceptors (Lipinski definition) is 6. The Balaban J connectivity index is 1.27. The smallest absolute Gasteiger partial charge is 0.233 e. The first-order valence-electron chi connectivity index (χ1n) is 11.5. The molecule has 1 aliphatic heterocycles. The van der Waals surface area contributed by atoms with Crippen molar-refractivity contribution in [2.24, 2.45) is 0 Å². The molecule has 3 aromatic rings. The maximum absolute atomic E-state index is 12.9. The predicted molar refractivity (Wildman–Crippen MR) is 135 cm³/mol. The number of aryl methyl sites for hydroxylation is 1. The van der Waals surface area contributed by atoms with Crippen molar-refractivity contribution in [3.63, 3.8) is 0 Å². The highest BCUT2D eigenvalue weighted by molar-refractivity contribution is 7.99. The molecular weight excluding hydrogens is 448 g/mol. The van der Waals surface area contributed by atoms with Crippen LogP contribution in [0.5, 0.6) is 11.5 Å². The maximum Gasteiger partial charge on any atom is 0.233 e. The Morgan fingerprint density at radius 2 is 1.71 bits per heavy atom. The Bertz CT molecular complexity index is 1090. The summed E-state index contributed by atoms with van der Waals surface area (Å²) in [5, 5.41) is 0.875. The van der Waals surface area contributed by atoms with Crippen LogP contribution < -0.4 is 9.47 Å². The molecular formula is C26H32N4O3S. The van der Waals surface area contributed by atoms with Crippen molar-refractivity contribution >= 4 is 17.7 Å². The van der Waals surface area contributed by atoms with E-state index >= 15 is 0 Å². The average Bonchev–Trinajstić information content (AvgIpc) is 3.31. The summed E-state index contributed by atoms with van der Waals surface area (Å²) in [4.78, 5) is 21.7. The Hall–Kier alpha value is -2.97. The van der Waals surface area contributed by atoms with Gasteiger partial charge in [-0.15, -0.1) is 0 Å². The van der Waals surface area contributed by atoms with E-state index < -0.39 is 0 Å². The quantitative estimate of drug-likeness (QED) is 0.436. The fourth-order valence-electron chi connectivity index (χ4n) is 4.14. The van der Waals surface area contributed by atoms with Crippen LogP contribution in [-0.2, 0) is 17.9 Å². The molecule has 7 nitrogen and oxygen atoms in total. The van der Waals surface area contributed by atoms with Gasteiger partial charge in [-0.05, 0) is 35.7 Å². The fourth-order valence-corrected chi connectivity index (χ4v) is 5.00. The summed E-state index contributed by atoms with van der Waals surface area (Å²) in [7, 11) is 3.32. The van der Waals surface area contributed by atoms with Crippen LogP contribution in [0.25, 0.3) is 0 Å². The molecule has 0 bridgehead atoms. The number of carbonyl (C=O) groups excluding carboxylic acids is 1. The number of nitrogens with zero attached hydrogens (tertiary/aromatic N) is 4. The third kappa shape index (κ3) is 5.93. The van der Waals surface area contributed by atoms with E-state index in [1.54, 1.807) is 20.4 Å². The van der Waals surface area contributed by atoms with Crippen LogP contribution >= 0.6 is 11.8 Å². The van der Waals surface area contributed by atoms with E-state index in [4.69, 9.17) is 9.47 Å². The highest BCUT2D eigenvalue weighted by Crippen LogP contribution is 2.31. The summed E-state index contributed by atoms with van der Waals surface area (Å²) in [6, 6.07) is 14.4. The normalized spacial score (nSPS) is 14.3. The molecule has 1 fully saturated rings. The zero-order valence-electron chi connectivity index (χ0n) is 20.1. The molecule has 0 radical (unpaired) electrons. The number of imidazole rings is 1. The second-order valence-corrected chi connectivity index (χ2v) is 9.35. The maximum atomic E-state index is 12.9. The average molecular weight is 481 g/mol. The number of ether oxygens (including phenoxy) is 2. The molecule has 2 aromatic carbocycles. The minimum atomic E-state index is 0.168. The van der Waals surface area contributed by atoms with Crippen LogP contribution in [0.3, 0.4) is 0 Å². The third-order valence-corrected chi connectivity index (χ3v) is 7.15. The lowest BCUT2D eigenvalue weighted by Crippen LogP contribution is -2.48. The number of benzene rings is 2. The van der Waals surface area contributed by atoms with Gasteiger partial charge in [0.2, 0.25) is 5.91 Å². The largest absolute Gasteiger partial charge is 0.493 e. The van der Waals surface area contributed by atoms with Crippen molar-refractivity contribution in [2.45, 2.75) is 25.2 Å². The predicted octanol–water partition coefficient (Wildman–Crippen LogP) is 3.69. The first-order chi connectivity index (χ1) is 16.6. The Morgan fingerprint density at radius 3 is 2.41 bits per heavy atom. The molecule has 4 rings (SSSR count). The molecule has 1 saturated heterocycles. The van der Waals surface area contributed by atoms with Crippen LogP contribution in [0, 0.1) is 6.92 Å². The second kappa shape index (κ2) is 11.4. The highest BCUT2D eigenvalue weighted by atomic mass is 32.2. The molecule has 0 aliphatic carbocycles. The standard InChI is InChI=1S/C26H32N4O3S/c1-20-15-23(32-2)24(33-3)16-22(20)18-28-11-13-29(14-12-28)25(31)19-34-26-27-9-10-30(26)17-21-7-5-4-6-8-21/h4-10,15-16H,11-14,17-19H2,1-3H3. The molecule has 1 amide bonds.